The van der Waals surface area contributed by atoms with Crippen molar-refractivity contribution in [1.82, 2.24) is 10.2 Å². The largest absolute Gasteiger partial charge is 0.454 e. The number of carbonyl (C=O) groups excluding carboxylic acids is 2. The number of ether oxygens (including phenoxy) is 2. The minimum atomic E-state index is -0.222. The van der Waals surface area contributed by atoms with E-state index in [9.17, 15) is 9.59 Å². The van der Waals surface area contributed by atoms with Crippen LogP contribution in [-0.4, -0.2) is 36.6 Å². The van der Waals surface area contributed by atoms with E-state index in [1.807, 2.05) is 17.0 Å². The lowest BCUT2D eigenvalue weighted by atomic mass is 10.00. The number of fused-ring (bicyclic) bond motifs is 2. The lowest BCUT2D eigenvalue weighted by Crippen LogP contribution is -2.38. The Labute approximate surface area is 151 Å². The lowest BCUT2D eigenvalue weighted by molar-refractivity contribution is -0.131. The number of hydrogen-bond donors (Lipinski definition) is 1. The van der Waals surface area contributed by atoms with E-state index in [1.54, 1.807) is 18.2 Å². The van der Waals surface area contributed by atoms with Crippen LogP contribution in [0.3, 0.4) is 0 Å². The van der Waals surface area contributed by atoms with Gasteiger partial charge < -0.3 is 19.7 Å². The first kappa shape index (κ1) is 16.4. The van der Waals surface area contributed by atoms with E-state index in [2.05, 4.69) is 17.4 Å². The molecule has 0 saturated carbocycles. The fraction of sp³-hybridized carbons (Fsp3) is 0.300. The Morgan fingerprint density at radius 3 is 2.73 bits per heavy atom. The molecule has 0 unspecified atom stereocenters. The molecule has 0 aromatic heterocycles. The van der Waals surface area contributed by atoms with Crippen molar-refractivity contribution in [3.05, 3.63) is 59.2 Å². The van der Waals surface area contributed by atoms with Crippen LogP contribution < -0.4 is 14.8 Å². The molecule has 2 heterocycles. The smallest absolute Gasteiger partial charge is 0.251 e. The third kappa shape index (κ3) is 3.35. The summed E-state index contributed by atoms with van der Waals surface area (Å²) in [6.45, 7) is 1.86. The molecule has 0 aliphatic carbocycles. The minimum absolute atomic E-state index is 0.0606. The standard InChI is InChI=1S/C20H20N2O4/c23-19(22-10-8-14-3-1-2-4-16(14)12-22)7-9-21-20(24)15-5-6-17-18(11-15)26-13-25-17/h1-6,11H,7-10,12-13H2,(H,21,24). The third-order valence-electron chi connectivity index (χ3n) is 4.74. The molecule has 0 radical (unpaired) electrons. The SMILES string of the molecule is O=C(NCCC(=O)N1CCc2ccccc2C1)c1ccc2c(c1)OCO2. The van der Waals surface area contributed by atoms with E-state index in [1.165, 1.54) is 11.1 Å². The molecule has 4 rings (SSSR count). The summed E-state index contributed by atoms with van der Waals surface area (Å²) in [5.41, 5.74) is 3.01. The number of rotatable bonds is 4. The molecule has 0 bridgehead atoms. The first-order chi connectivity index (χ1) is 12.7. The van der Waals surface area contributed by atoms with Crippen molar-refractivity contribution in [3.8, 4) is 11.5 Å². The maximum atomic E-state index is 12.4. The van der Waals surface area contributed by atoms with Crippen molar-refractivity contribution in [2.45, 2.75) is 19.4 Å². The van der Waals surface area contributed by atoms with Crippen LogP contribution >= 0.6 is 0 Å². The van der Waals surface area contributed by atoms with E-state index in [4.69, 9.17) is 9.47 Å². The number of amides is 2. The van der Waals surface area contributed by atoms with E-state index in [0.29, 0.717) is 36.6 Å². The molecule has 0 saturated heterocycles. The number of nitrogens with one attached hydrogen (secondary N) is 1. The van der Waals surface area contributed by atoms with Crippen LogP contribution in [0, 0.1) is 0 Å². The molecule has 2 aromatic carbocycles. The molecule has 0 spiro atoms. The van der Waals surface area contributed by atoms with Crippen LogP contribution in [0.25, 0.3) is 0 Å². The van der Waals surface area contributed by atoms with Crippen LogP contribution in [0.15, 0.2) is 42.5 Å². The fourth-order valence-electron chi connectivity index (χ4n) is 3.29. The minimum Gasteiger partial charge on any atom is -0.454 e. The summed E-state index contributed by atoms with van der Waals surface area (Å²) in [5, 5.41) is 2.80. The predicted octanol–water partition coefficient (Wildman–Crippen LogP) is 2.12. The highest BCUT2D eigenvalue weighted by molar-refractivity contribution is 5.95. The Bertz CT molecular complexity index is 849. The van der Waals surface area contributed by atoms with Gasteiger partial charge in [-0.15, -0.1) is 0 Å². The van der Waals surface area contributed by atoms with Crippen molar-refractivity contribution in [3.63, 3.8) is 0 Å². The fourth-order valence-corrected chi connectivity index (χ4v) is 3.29. The first-order valence-corrected chi connectivity index (χ1v) is 8.73. The molecule has 2 aliphatic heterocycles. The van der Waals surface area contributed by atoms with Gasteiger partial charge in [0.2, 0.25) is 12.7 Å². The van der Waals surface area contributed by atoms with E-state index in [-0.39, 0.29) is 18.6 Å². The van der Waals surface area contributed by atoms with Crippen LogP contribution in [0.4, 0.5) is 0 Å². The van der Waals surface area contributed by atoms with Gasteiger partial charge in [0, 0.05) is 31.6 Å². The molecule has 26 heavy (non-hydrogen) atoms. The Hall–Kier alpha value is -3.02. The second-order valence-electron chi connectivity index (χ2n) is 6.41. The average Bonchev–Trinajstić information content (AvgIpc) is 3.15. The number of hydrogen-bond acceptors (Lipinski definition) is 4. The lowest BCUT2D eigenvalue weighted by Gasteiger charge is -2.29. The summed E-state index contributed by atoms with van der Waals surface area (Å²) in [6, 6.07) is 13.3. The molecular weight excluding hydrogens is 332 g/mol. The normalized spacial score (nSPS) is 14.7. The Kier molecular flexibility index (Phi) is 4.48. The second kappa shape index (κ2) is 7.07. The third-order valence-corrected chi connectivity index (χ3v) is 4.74. The van der Waals surface area contributed by atoms with Gasteiger partial charge in [0.25, 0.3) is 5.91 Å². The zero-order chi connectivity index (χ0) is 17.9. The molecular formula is C20H20N2O4. The molecule has 1 N–H and O–H groups in total. The Balaban J connectivity index is 1.28. The van der Waals surface area contributed by atoms with Gasteiger partial charge in [-0.3, -0.25) is 9.59 Å². The van der Waals surface area contributed by atoms with Crippen molar-refractivity contribution < 1.29 is 19.1 Å². The number of benzene rings is 2. The highest BCUT2D eigenvalue weighted by Crippen LogP contribution is 2.32. The van der Waals surface area contributed by atoms with Gasteiger partial charge in [-0.1, -0.05) is 24.3 Å². The monoisotopic (exact) mass is 352 g/mol. The molecule has 6 nitrogen and oxygen atoms in total. The average molecular weight is 352 g/mol. The highest BCUT2D eigenvalue weighted by atomic mass is 16.7. The molecule has 0 fully saturated rings. The van der Waals surface area contributed by atoms with E-state index >= 15 is 0 Å². The van der Waals surface area contributed by atoms with Crippen molar-refractivity contribution in [2.24, 2.45) is 0 Å². The topological polar surface area (TPSA) is 67.9 Å². The summed E-state index contributed by atoms with van der Waals surface area (Å²) in [7, 11) is 0. The number of nitrogens with zero attached hydrogens (tertiary/aromatic N) is 1. The summed E-state index contributed by atoms with van der Waals surface area (Å²) in [6.07, 6.45) is 1.17. The van der Waals surface area contributed by atoms with Gasteiger partial charge in [0.05, 0.1) is 0 Å². The molecule has 2 aromatic rings. The van der Waals surface area contributed by atoms with Crippen LogP contribution in [-0.2, 0) is 17.8 Å². The van der Waals surface area contributed by atoms with Crippen molar-refractivity contribution in [2.75, 3.05) is 19.9 Å². The highest BCUT2D eigenvalue weighted by Gasteiger charge is 2.20. The summed E-state index contributed by atoms with van der Waals surface area (Å²) in [5.74, 6) is 1.05. The molecule has 0 atom stereocenters. The summed E-state index contributed by atoms with van der Waals surface area (Å²) in [4.78, 5) is 26.5. The Morgan fingerprint density at radius 1 is 1.04 bits per heavy atom. The van der Waals surface area contributed by atoms with Gasteiger partial charge >= 0.3 is 0 Å². The van der Waals surface area contributed by atoms with E-state index < -0.39 is 0 Å². The second-order valence-corrected chi connectivity index (χ2v) is 6.41. The first-order valence-electron chi connectivity index (χ1n) is 8.73. The zero-order valence-corrected chi connectivity index (χ0v) is 14.4. The van der Waals surface area contributed by atoms with Gasteiger partial charge in [-0.25, -0.2) is 0 Å². The van der Waals surface area contributed by atoms with Gasteiger partial charge in [0.15, 0.2) is 11.5 Å². The maximum absolute atomic E-state index is 12.4. The van der Waals surface area contributed by atoms with Crippen LogP contribution in [0.2, 0.25) is 0 Å². The van der Waals surface area contributed by atoms with E-state index in [0.717, 1.165) is 13.0 Å². The predicted molar refractivity (Wildman–Crippen MR) is 95.1 cm³/mol. The summed E-state index contributed by atoms with van der Waals surface area (Å²) >= 11 is 0. The molecule has 134 valence electrons. The summed E-state index contributed by atoms with van der Waals surface area (Å²) < 4.78 is 10.5. The zero-order valence-electron chi connectivity index (χ0n) is 14.4. The molecule has 6 heteroatoms. The molecule has 2 aliphatic rings. The van der Waals surface area contributed by atoms with Crippen LogP contribution in [0.1, 0.15) is 27.9 Å². The van der Waals surface area contributed by atoms with Crippen molar-refractivity contribution in [1.29, 1.82) is 0 Å². The van der Waals surface area contributed by atoms with Gasteiger partial charge in [-0.2, -0.15) is 0 Å². The van der Waals surface area contributed by atoms with Gasteiger partial charge in [0.1, 0.15) is 0 Å². The Morgan fingerprint density at radius 2 is 1.85 bits per heavy atom. The molecule has 2 amide bonds. The maximum Gasteiger partial charge on any atom is 0.251 e. The quantitative estimate of drug-likeness (QED) is 0.915. The van der Waals surface area contributed by atoms with Gasteiger partial charge in [-0.05, 0) is 35.7 Å². The van der Waals surface area contributed by atoms with Crippen LogP contribution in [0.5, 0.6) is 11.5 Å². The number of carbonyl (C=O) groups is 2. The van der Waals surface area contributed by atoms with Crippen molar-refractivity contribution >= 4 is 11.8 Å².